The molecule has 0 spiro atoms. The lowest BCUT2D eigenvalue weighted by molar-refractivity contribution is -0.141. The largest absolute Gasteiger partial charge is 0.480 e. The van der Waals surface area contributed by atoms with E-state index in [0.717, 1.165) is 0 Å². The van der Waals surface area contributed by atoms with Gasteiger partial charge in [0, 0.05) is 24.7 Å². The van der Waals surface area contributed by atoms with Gasteiger partial charge in [-0.05, 0) is 31.0 Å². The van der Waals surface area contributed by atoms with E-state index in [0.29, 0.717) is 30.6 Å². The van der Waals surface area contributed by atoms with Crippen LogP contribution in [0.2, 0.25) is 0 Å². The van der Waals surface area contributed by atoms with E-state index >= 15 is 0 Å². The van der Waals surface area contributed by atoms with E-state index in [1.807, 2.05) is 0 Å². The number of anilines is 1. The van der Waals surface area contributed by atoms with E-state index in [1.165, 1.54) is 11.8 Å². The molecule has 0 bridgehead atoms. The summed E-state index contributed by atoms with van der Waals surface area (Å²) >= 11 is 0. The first-order valence-electron chi connectivity index (χ1n) is 6.40. The number of hydrogen-bond donors (Lipinski definition) is 2. The van der Waals surface area contributed by atoms with Crippen molar-refractivity contribution in [3.8, 4) is 0 Å². The fraction of sp³-hybridized carbons (Fsp3) is 0.357. The molecular formula is C14H16N2O4. The smallest absolute Gasteiger partial charge is 0.326 e. The van der Waals surface area contributed by atoms with Gasteiger partial charge in [-0.3, -0.25) is 9.59 Å². The minimum Gasteiger partial charge on any atom is -0.480 e. The summed E-state index contributed by atoms with van der Waals surface area (Å²) in [6, 6.07) is 5.75. The van der Waals surface area contributed by atoms with Crippen LogP contribution in [0.1, 0.15) is 30.1 Å². The average molecular weight is 276 g/mol. The maximum Gasteiger partial charge on any atom is 0.326 e. The van der Waals surface area contributed by atoms with Crippen molar-refractivity contribution in [1.82, 2.24) is 4.90 Å². The van der Waals surface area contributed by atoms with Crippen molar-refractivity contribution in [3.05, 3.63) is 29.8 Å². The molecule has 1 saturated heterocycles. The molecule has 6 heteroatoms. The van der Waals surface area contributed by atoms with Crippen molar-refractivity contribution in [3.63, 3.8) is 0 Å². The number of benzene rings is 1. The third-order valence-electron chi connectivity index (χ3n) is 3.23. The summed E-state index contributed by atoms with van der Waals surface area (Å²) in [5.41, 5.74) is 0.902. The van der Waals surface area contributed by atoms with Crippen LogP contribution in [-0.2, 0) is 9.59 Å². The van der Waals surface area contributed by atoms with E-state index in [9.17, 15) is 14.4 Å². The number of carboxylic acid groups (broad SMARTS) is 1. The highest BCUT2D eigenvalue weighted by atomic mass is 16.4. The van der Waals surface area contributed by atoms with E-state index in [4.69, 9.17) is 5.11 Å². The Morgan fingerprint density at radius 1 is 1.35 bits per heavy atom. The molecule has 0 aromatic heterocycles. The second kappa shape index (κ2) is 5.73. The van der Waals surface area contributed by atoms with Crippen LogP contribution < -0.4 is 5.32 Å². The Labute approximate surface area is 116 Å². The Hall–Kier alpha value is -2.37. The van der Waals surface area contributed by atoms with Crippen LogP contribution in [0.3, 0.4) is 0 Å². The quantitative estimate of drug-likeness (QED) is 0.872. The molecule has 0 unspecified atom stereocenters. The molecular weight excluding hydrogens is 260 g/mol. The highest BCUT2D eigenvalue weighted by Gasteiger charge is 2.34. The molecule has 1 aliphatic heterocycles. The Kier molecular flexibility index (Phi) is 4.02. The summed E-state index contributed by atoms with van der Waals surface area (Å²) in [6.07, 6.45) is 1.17. The first kappa shape index (κ1) is 14.0. The predicted molar refractivity (Wildman–Crippen MR) is 72.4 cm³/mol. The third kappa shape index (κ3) is 2.96. The van der Waals surface area contributed by atoms with Gasteiger partial charge in [0.15, 0.2) is 0 Å². The highest BCUT2D eigenvalue weighted by molar-refractivity contribution is 5.98. The van der Waals surface area contributed by atoms with Crippen LogP contribution in [0.25, 0.3) is 0 Å². The standard InChI is InChI=1S/C14H16N2O4/c1-9(17)15-11-5-2-4-10(8-11)13(18)16-7-3-6-12(16)14(19)20/h2,4-5,8,12H,3,6-7H2,1H3,(H,15,17)(H,19,20)/t12-/m0/s1. The molecule has 1 aliphatic rings. The van der Waals surface area contributed by atoms with Gasteiger partial charge in [-0.15, -0.1) is 0 Å². The topological polar surface area (TPSA) is 86.7 Å². The molecule has 1 aromatic rings. The lowest BCUT2D eigenvalue weighted by atomic mass is 10.1. The average Bonchev–Trinajstić information content (AvgIpc) is 2.86. The molecule has 2 amide bonds. The molecule has 1 atom stereocenters. The first-order valence-corrected chi connectivity index (χ1v) is 6.40. The molecule has 106 valence electrons. The monoisotopic (exact) mass is 276 g/mol. The van der Waals surface area contributed by atoms with Gasteiger partial charge in [0.2, 0.25) is 5.91 Å². The van der Waals surface area contributed by atoms with Crippen molar-refractivity contribution in [2.24, 2.45) is 0 Å². The van der Waals surface area contributed by atoms with Crippen LogP contribution in [0, 0.1) is 0 Å². The highest BCUT2D eigenvalue weighted by Crippen LogP contribution is 2.21. The Morgan fingerprint density at radius 2 is 2.10 bits per heavy atom. The molecule has 1 fully saturated rings. The van der Waals surface area contributed by atoms with Gasteiger partial charge in [-0.1, -0.05) is 6.07 Å². The maximum atomic E-state index is 12.3. The summed E-state index contributed by atoms with van der Waals surface area (Å²) in [5.74, 6) is -1.52. The number of carboxylic acids is 1. The van der Waals surface area contributed by atoms with Gasteiger partial charge in [0.05, 0.1) is 0 Å². The number of aliphatic carboxylic acids is 1. The minimum absolute atomic E-state index is 0.223. The van der Waals surface area contributed by atoms with E-state index in [-0.39, 0.29) is 11.8 Å². The number of carbonyl (C=O) groups excluding carboxylic acids is 2. The fourth-order valence-corrected chi connectivity index (χ4v) is 2.37. The van der Waals surface area contributed by atoms with E-state index in [2.05, 4.69) is 5.32 Å². The van der Waals surface area contributed by atoms with Crippen LogP contribution in [0.5, 0.6) is 0 Å². The minimum atomic E-state index is -0.978. The van der Waals surface area contributed by atoms with Crippen LogP contribution in [-0.4, -0.2) is 40.4 Å². The zero-order valence-electron chi connectivity index (χ0n) is 11.1. The Balaban J connectivity index is 2.20. The number of rotatable bonds is 3. The molecule has 0 saturated carbocycles. The SMILES string of the molecule is CC(=O)Nc1cccc(C(=O)N2CCC[C@H]2C(=O)O)c1. The molecule has 2 rings (SSSR count). The number of amides is 2. The maximum absolute atomic E-state index is 12.3. The zero-order valence-corrected chi connectivity index (χ0v) is 11.1. The predicted octanol–water partition coefficient (Wildman–Crippen LogP) is 1.33. The molecule has 2 N–H and O–H groups in total. The van der Waals surface area contributed by atoms with Gasteiger partial charge < -0.3 is 15.3 Å². The van der Waals surface area contributed by atoms with Gasteiger partial charge >= 0.3 is 5.97 Å². The molecule has 6 nitrogen and oxygen atoms in total. The van der Waals surface area contributed by atoms with Crippen LogP contribution in [0.4, 0.5) is 5.69 Å². The summed E-state index contributed by atoms with van der Waals surface area (Å²) < 4.78 is 0. The summed E-state index contributed by atoms with van der Waals surface area (Å²) in [4.78, 5) is 35.8. The second-order valence-corrected chi connectivity index (χ2v) is 4.76. The normalized spacial score (nSPS) is 17.9. The lowest BCUT2D eigenvalue weighted by Crippen LogP contribution is -2.40. The molecule has 1 aromatic carbocycles. The third-order valence-corrected chi connectivity index (χ3v) is 3.23. The number of hydrogen-bond acceptors (Lipinski definition) is 3. The van der Waals surface area contributed by atoms with Crippen LogP contribution >= 0.6 is 0 Å². The second-order valence-electron chi connectivity index (χ2n) is 4.76. The van der Waals surface area contributed by atoms with E-state index in [1.54, 1.807) is 24.3 Å². The molecule has 1 heterocycles. The number of carbonyl (C=O) groups is 3. The molecule has 0 aliphatic carbocycles. The van der Waals surface area contributed by atoms with Gasteiger partial charge in [0.1, 0.15) is 6.04 Å². The zero-order chi connectivity index (χ0) is 14.7. The number of likely N-dealkylation sites (tertiary alicyclic amines) is 1. The van der Waals surface area contributed by atoms with Crippen molar-refractivity contribution < 1.29 is 19.5 Å². The number of nitrogens with one attached hydrogen (secondary N) is 1. The Morgan fingerprint density at radius 3 is 2.75 bits per heavy atom. The van der Waals surface area contributed by atoms with Crippen LogP contribution in [0.15, 0.2) is 24.3 Å². The molecule has 20 heavy (non-hydrogen) atoms. The van der Waals surface area contributed by atoms with Gasteiger partial charge in [0.25, 0.3) is 5.91 Å². The van der Waals surface area contributed by atoms with E-state index < -0.39 is 12.0 Å². The van der Waals surface area contributed by atoms with Crippen molar-refractivity contribution >= 4 is 23.5 Å². The van der Waals surface area contributed by atoms with Crippen molar-refractivity contribution in [2.45, 2.75) is 25.8 Å². The molecule has 0 radical (unpaired) electrons. The summed E-state index contributed by atoms with van der Waals surface area (Å²) in [7, 11) is 0. The van der Waals surface area contributed by atoms with Gasteiger partial charge in [-0.25, -0.2) is 4.79 Å². The fourth-order valence-electron chi connectivity index (χ4n) is 2.37. The summed E-state index contributed by atoms with van der Waals surface area (Å²) in [5, 5.41) is 11.7. The lowest BCUT2D eigenvalue weighted by Gasteiger charge is -2.21. The van der Waals surface area contributed by atoms with Crippen molar-refractivity contribution in [1.29, 1.82) is 0 Å². The first-order chi connectivity index (χ1) is 9.49. The summed E-state index contributed by atoms with van der Waals surface area (Å²) in [6.45, 7) is 1.83. The van der Waals surface area contributed by atoms with Crippen molar-refractivity contribution in [2.75, 3.05) is 11.9 Å². The van der Waals surface area contributed by atoms with Gasteiger partial charge in [-0.2, -0.15) is 0 Å². The Bertz CT molecular complexity index is 556. The number of nitrogens with zero attached hydrogens (tertiary/aromatic N) is 1.